The Morgan fingerprint density at radius 3 is 2.85 bits per heavy atom. The third kappa shape index (κ3) is 2.59. The molecule has 0 aromatic heterocycles. The topological polar surface area (TPSA) is 48.8 Å². The van der Waals surface area contributed by atoms with Crippen molar-refractivity contribution in [2.45, 2.75) is 6.54 Å². The number of hydrogen-bond acceptors (Lipinski definition) is 1. The molecular weight excluding hydrogens is 260 g/mol. The van der Waals surface area contributed by atoms with Crippen molar-refractivity contribution >= 4 is 27.5 Å². The molecule has 0 heterocycles. The minimum atomic E-state index is -0.480. The van der Waals surface area contributed by atoms with Crippen LogP contribution in [0, 0.1) is 5.82 Å². The number of halogens is 3. The Bertz CT molecular complexity index is 353. The van der Waals surface area contributed by atoms with Crippen LogP contribution in [-0.2, 0) is 6.54 Å². The van der Waals surface area contributed by atoms with Crippen LogP contribution < -0.4 is 0 Å². The number of nitrogens with zero attached hydrogens (tertiary/aromatic N) is 3. The molecule has 0 spiro atoms. The third-order valence-electron chi connectivity index (χ3n) is 1.40. The lowest BCUT2D eigenvalue weighted by molar-refractivity contribution is 0.609. The van der Waals surface area contributed by atoms with Crippen molar-refractivity contribution in [1.82, 2.24) is 0 Å². The molecule has 0 aliphatic rings. The standard InChI is InChI=1S/C7H4BrClFN3/c8-4-1-6(9)5(3-12-13-11)7(10)2-4/h1-2H,3H2. The van der Waals surface area contributed by atoms with Gasteiger partial charge in [0.05, 0.1) is 6.54 Å². The van der Waals surface area contributed by atoms with Crippen LogP contribution in [0.4, 0.5) is 4.39 Å². The first-order chi connectivity index (χ1) is 6.15. The molecule has 0 saturated heterocycles. The molecular formula is C7H4BrClFN3. The molecule has 0 atom stereocenters. The summed E-state index contributed by atoms with van der Waals surface area (Å²) in [6, 6.07) is 2.82. The molecule has 6 heteroatoms. The van der Waals surface area contributed by atoms with Gasteiger partial charge in [0.15, 0.2) is 0 Å². The first-order valence-electron chi connectivity index (χ1n) is 3.29. The van der Waals surface area contributed by atoms with E-state index in [2.05, 4.69) is 26.0 Å². The molecule has 0 radical (unpaired) electrons. The van der Waals surface area contributed by atoms with Gasteiger partial charge in [-0.2, -0.15) is 0 Å². The molecule has 0 amide bonds. The Labute approximate surface area is 87.3 Å². The number of rotatable bonds is 2. The number of benzene rings is 1. The Morgan fingerprint density at radius 1 is 1.62 bits per heavy atom. The summed E-state index contributed by atoms with van der Waals surface area (Å²) in [5.41, 5.74) is 8.26. The Morgan fingerprint density at radius 2 is 2.31 bits per heavy atom. The molecule has 0 aliphatic heterocycles. The van der Waals surface area contributed by atoms with Crippen LogP contribution in [0.2, 0.25) is 5.02 Å². The fourth-order valence-corrected chi connectivity index (χ4v) is 1.65. The van der Waals surface area contributed by atoms with E-state index in [0.29, 0.717) is 4.47 Å². The van der Waals surface area contributed by atoms with Crippen molar-refractivity contribution in [2.24, 2.45) is 5.11 Å². The molecule has 13 heavy (non-hydrogen) atoms. The van der Waals surface area contributed by atoms with Gasteiger partial charge < -0.3 is 0 Å². The van der Waals surface area contributed by atoms with Crippen molar-refractivity contribution in [3.8, 4) is 0 Å². The van der Waals surface area contributed by atoms with E-state index in [-0.39, 0.29) is 17.1 Å². The minimum absolute atomic E-state index is 0.0750. The Kier molecular flexibility index (Phi) is 3.54. The number of hydrogen-bond donors (Lipinski definition) is 0. The van der Waals surface area contributed by atoms with Gasteiger partial charge in [0.1, 0.15) is 5.82 Å². The zero-order valence-electron chi connectivity index (χ0n) is 6.34. The van der Waals surface area contributed by atoms with Crippen molar-refractivity contribution in [2.75, 3.05) is 0 Å². The van der Waals surface area contributed by atoms with Crippen molar-refractivity contribution in [1.29, 1.82) is 0 Å². The van der Waals surface area contributed by atoms with E-state index < -0.39 is 5.82 Å². The highest BCUT2D eigenvalue weighted by Crippen LogP contribution is 2.25. The molecule has 0 unspecified atom stereocenters. The summed E-state index contributed by atoms with van der Waals surface area (Å²) in [5, 5.41) is 3.48. The lowest BCUT2D eigenvalue weighted by Gasteiger charge is -2.02. The van der Waals surface area contributed by atoms with Crippen molar-refractivity contribution in [3.63, 3.8) is 0 Å². The molecule has 1 aromatic rings. The minimum Gasteiger partial charge on any atom is -0.207 e. The van der Waals surface area contributed by atoms with Crippen LogP contribution in [-0.4, -0.2) is 0 Å². The second kappa shape index (κ2) is 4.46. The van der Waals surface area contributed by atoms with Crippen LogP contribution in [0.15, 0.2) is 21.7 Å². The van der Waals surface area contributed by atoms with E-state index in [9.17, 15) is 4.39 Å². The first-order valence-corrected chi connectivity index (χ1v) is 4.46. The average Bonchev–Trinajstić information content (AvgIpc) is 2.02. The van der Waals surface area contributed by atoms with Gasteiger partial charge in [-0.3, -0.25) is 0 Å². The molecule has 0 fully saturated rings. The van der Waals surface area contributed by atoms with Gasteiger partial charge in [0.2, 0.25) is 0 Å². The van der Waals surface area contributed by atoms with Gasteiger partial charge in [-0.1, -0.05) is 32.6 Å². The molecule has 1 rings (SSSR count). The van der Waals surface area contributed by atoms with Gasteiger partial charge in [-0.05, 0) is 17.7 Å². The van der Waals surface area contributed by atoms with E-state index in [1.165, 1.54) is 6.07 Å². The maximum atomic E-state index is 13.1. The molecule has 1 aromatic carbocycles. The first kappa shape index (κ1) is 10.3. The zero-order chi connectivity index (χ0) is 9.84. The summed E-state index contributed by atoms with van der Waals surface area (Å²) in [4.78, 5) is 2.52. The maximum absolute atomic E-state index is 13.1. The summed E-state index contributed by atoms with van der Waals surface area (Å²) < 4.78 is 13.7. The van der Waals surface area contributed by atoms with E-state index in [1.807, 2.05) is 0 Å². The SMILES string of the molecule is [N-]=[N+]=NCc1c(F)cc(Br)cc1Cl. The molecule has 68 valence electrons. The second-order valence-electron chi connectivity index (χ2n) is 2.24. The van der Waals surface area contributed by atoms with E-state index >= 15 is 0 Å². The molecule has 3 nitrogen and oxygen atoms in total. The Hall–Kier alpha value is -0.770. The Balaban J connectivity index is 3.12. The highest BCUT2D eigenvalue weighted by molar-refractivity contribution is 9.10. The average molecular weight is 264 g/mol. The van der Waals surface area contributed by atoms with Crippen LogP contribution in [0.1, 0.15) is 5.56 Å². The van der Waals surface area contributed by atoms with Crippen LogP contribution in [0.5, 0.6) is 0 Å². The molecule has 0 N–H and O–H groups in total. The molecule has 0 aliphatic carbocycles. The van der Waals surface area contributed by atoms with Gasteiger partial charge in [0, 0.05) is 20.0 Å². The van der Waals surface area contributed by atoms with Crippen LogP contribution in [0.25, 0.3) is 10.4 Å². The monoisotopic (exact) mass is 263 g/mol. The fraction of sp³-hybridized carbons (Fsp3) is 0.143. The highest BCUT2D eigenvalue weighted by Gasteiger charge is 2.07. The van der Waals surface area contributed by atoms with E-state index in [0.717, 1.165) is 0 Å². The summed E-state index contributed by atoms with van der Waals surface area (Å²) in [6.07, 6.45) is 0. The summed E-state index contributed by atoms with van der Waals surface area (Å²) in [7, 11) is 0. The van der Waals surface area contributed by atoms with Gasteiger partial charge in [-0.15, -0.1) is 0 Å². The largest absolute Gasteiger partial charge is 0.207 e. The normalized spacial score (nSPS) is 9.46. The van der Waals surface area contributed by atoms with E-state index in [4.69, 9.17) is 17.1 Å². The summed E-state index contributed by atoms with van der Waals surface area (Å²) in [6.45, 7) is -0.0750. The highest BCUT2D eigenvalue weighted by atomic mass is 79.9. The quantitative estimate of drug-likeness (QED) is 0.439. The third-order valence-corrected chi connectivity index (χ3v) is 2.19. The number of azide groups is 1. The fourth-order valence-electron chi connectivity index (χ4n) is 0.825. The smallest absolute Gasteiger partial charge is 0.129 e. The van der Waals surface area contributed by atoms with Crippen LogP contribution in [0.3, 0.4) is 0 Å². The van der Waals surface area contributed by atoms with Gasteiger partial charge in [-0.25, -0.2) is 4.39 Å². The lowest BCUT2D eigenvalue weighted by Crippen LogP contribution is -1.89. The van der Waals surface area contributed by atoms with Crippen LogP contribution >= 0.6 is 27.5 Å². The van der Waals surface area contributed by atoms with Crippen molar-refractivity contribution < 1.29 is 4.39 Å². The molecule has 0 bridgehead atoms. The summed E-state index contributed by atoms with van der Waals surface area (Å²) >= 11 is 8.80. The van der Waals surface area contributed by atoms with Gasteiger partial charge >= 0.3 is 0 Å². The zero-order valence-corrected chi connectivity index (χ0v) is 8.68. The van der Waals surface area contributed by atoms with Gasteiger partial charge in [0.25, 0.3) is 0 Å². The second-order valence-corrected chi connectivity index (χ2v) is 3.56. The predicted molar refractivity (Wildman–Crippen MR) is 52.0 cm³/mol. The summed E-state index contributed by atoms with van der Waals surface area (Å²) in [5.74, 6) is -0.480. The lowest BCUT2D eigenvalue weighted by atomic mass is 10.2. The molecule has 0 saturated carbocycles. The predicted octanol–water partition coefficient (Wildman–Crippen LogP) is 4.05. The maximum Gasteiger partial charge on any atom is 0.129 e. The van der Waals surface area contributed by atoms with E-state index in [1.54, 1.807) is 6.07 Å². The van der Waals surface area contributed by atoms with Crippen molar-refractivity contribution in [3.05, 3.63) is 43.5 Å².